The Labute approximate surface area is 163 Å². The molecule has 3 rings (SSSR count). The smallest absolute Gasteiger partial charge is 0.263 e. The van der Waals surface area contributed by atoms with Crippen LogP contribution in [0.3, 0.4) is 0 Å². The third kappa shape index (κ3) is 2.54. The molecule has 2 aliphatic heterocycles. The van der Waals surface area contributed by atoms with E-state index in [4.69, 9.17) is 0 Å². The lowest BCUT2D eigenvalue weighted by molar-refractivity contribution is -0.136. The molecule has 1 fully saturated rings. The molecule has 0 aliphatic carbocycles. The van der Waals surface area contributed by atoms with Crippen LogP contribution in [0.15, 0.2) is 17.9 Å². The summed E-state index contributed by atoms with van der Waals surface area (Å²) in [7, 11) is 0. The Balaban J connectivity index is 2.12. The van der Waals surface area contributed by atoms with E-state index in [0.717, 1.165) is 4.90 Å². The van der Waals surface area contributed by atoms with Crippen LogP contribution < -0.4 is 5.32 Å². The van der Waals surface area contributed by atoms with Crippen LogP contribution in [-0.2, 0) is 9.59 Å². The van der Waals surface area contributed by atoms with Gasteiger partial charge in [0.05, 0.1) is 11.1 Å². The molecule has 4 amide bonds. The van der Waals surface area contributed by atoms with Crippen molar-refractivity contribution in [2.24, 2.45) is 0 Å². The maximum atomic E-state index is 12.7. The van der Waals surface area contributed by atoms with Crippen molar-refractivity contribution in [1.29, 1.82) is 0 Å². The Morgan fingerprint density at radius 1 is 0.826 bits per heavy atom. The fraction of sp³-hybridized carbons (Fsp3) is 0.231. The highest BCUT2D eigenvalue weighted by molar-refractivity contribution is 9.15. The van der Waals surface area contributed by atoms with Crippen molar-refractivity contribution < 1.29 is 19.2 Å². The van der Waals surface area contributed by atoms with Gasteiger partial charge in [-0.05, 0) is 70.1 Å². The lowest BCUT2D eigenvalue weighted by Crippen LogP contribution is -2.54. The van der Waals surface area contributed by atoms with Crippen LogP contribution in [0.2, 0.25) is 0 Å². The Morgan fingerprint density at radius 3 is 1.74 bits per heavy atom. The quantitative estimate of drug-likeness (QED) is 0.318. The van der Waals surface area contributed by atoms with Gasteiger partial charge in [-0.3, -0.25) is 29.4 Å². The largest absolute Gasteiger partial charge is 0.295 e. The first kappa shape index (κ1) is 17.2. The summed E-state index contributed by atoms with van der Waals surface area (Å²) in [5.41, 5.74) is 0.364. The topological polar surface area (TPSA) is 83.6 Å². The van der Waals surface area contributed by atoms with Crippen LogP contribution >= 0.6 is 63.7 Å². The molecule has 23 heavy (non-hydrogen) atoms. The van der Waals surface area contributed by atoms with Gasteiger partial charge in [0, 0.05) is 24.3 Å². The summed E-state index contributed by atoms with van der Waals surface area (Å²) in [6, 6.07) is -0.989. The number of hydrogen-bond acceptors (Lipinski definition) is 4. The molecule has 0 radical (unpaired) electrons. The van der Waals surface area contributed by atoms with Crippen LogP contribution in [0.1, 0.15) is 33.6 Å². The fourth-order valence-electron chi connectivity index (χ4n) is 2.58. The number of imide groups is 2. The van der Waals surface area contributed by atoms with E-state index in [2.05, 4.69) is 69.0 Å². The predicted octanol–water partition coefficient (Wildman–Crippen LogP) is 3.14. The van der Waals surface area contributed by atoms with Crippen LogP contribution in [-0.4, -0.2) is 34.6 Å². The summed E-state index contributed by atoms with van der Waals surface area (Å²) < 4.78 is 2.01. The lowest BCUT2D eigenvalue weighted by atomic mass is 10.0. The second-order valence-corrected chi connectivity index (χ2v) is 8.13. The van der Waals surface area contributed by atoms with Gasteiger partial charge < -0.3 is 0 Å². The highest BCUT2D eigenvalue weighted by atomic mass is 79.9. The first-order valence-electron chi connectivity index (χ1n) is 6.33. The van der Waals surface area contributed by atoms with Gasteiger partial charge in [0.2, 0.25) is 11.8 Å². The minimum Gasteiger partial charge on any atom is -0.295 e. The number of carbonyl (C=O) groups excluding carboxylic acids is 4. The number of fused-ring (bicyclic) bond motifs is 1. The number of carbonyl (C=O) groups is 4. The molecule has 2 aliphatic rings. The number of hydrogen-bond donors (Lipinski definition) is 1. The summed E-state index contributed by atoms with van der Waals surface area (Å²) in [5, 5.41) is 2.16. The second-order valence-electron chi connectivity index (χ2n) is 4.95. The van der Waals surface area contributed by atoms with Crippen molar-refractivity contribution >= 4 is 87.3 Å². The highest BCUT2D eigenvalue weighted by Crippen LogP contribution is 2.45. The zero-order valence-electron chi connectivity index (χ0n) is 11.1. The minimum atomic E-state index is -0.989. The molecule has 10 heteroatoms. The second kappa shape index (κ2) is 6.05. The molecule has 1 N–H and O–H groups in total. The van der Waals surface area contributed by atoms with E-state index in [1.807, 2.05) is 0 Å². The van der Waals surface area contributed by atoms with Gasteiger partial charge in [-0.2, -0.15) is 0 Å². The number of rotatable bonds is 1. The first-order chi connectivity index (χ1) is 10.8. The van der Waals surface area contributed by atoms with Crippen molar-refractivity contribution in [3.63, 3.8) is 0 Å². The molecule has 0 spiro atoms. The SMILES string of the molecule is O=C1CC[C@H](N2C(=O)c3c(Br)c(Br)c(Br)c(Br)c3C2=O)C(=O)N1. The van der Waals surface area contributed by atoms with E-state index in [-0.39, 0.29) is 24.0 Å². The van der Waals surface area contributed by atoms with Crippen molar-refractivity contribution in [2.75, 3.05) is 0 Å². The van der Waals surface area contributed by atoms with Gasteiger partial charge >= 0.3 is 0 Å². The van der Waals surface area contributed by atoms with Crippen LogP contribution in [0.4, 0.5) is 0 Å². The number of nitrogens with one attached hydrogen (secondary N) is 1. The molecule has 2 heterocycles. The number of halogens is 4. The zero-order valence-corrected chi connectivity index (χ0v) is 17.4. The van der Waals surface area contributed by atoms with Gasteiger partial charge in [-0.25, -0.2) is 0 Å². The molecule has 1 saturated heterocycles. The Morgan fingerprint density at radius 2 is 1.30 bits per heavy atom. The predicted molar refractivity (Wildman–Crippen MR) is 93.9 cm³/mol. The highest BCUT2D eigenvalue weighted by Gasteiger charge is 2.47. The molecule has 0 unspecified atom stereocenters. The summed E-state index contributed by atoms with van der Waals surface area (Å²) in [5.74, 6) is -2.18. The maximum absolute atomic E-state index is 12.7. The number of amides is 4. The Kier molecular flexibility index (Phi) is 4.54. The molecule has 6 nitrogen and oxygen atoms in total. The molecule has 0 saturated carbocycles. The van der Waals surface area contributed by atoms with E-state index < -0.39 is 29.7 Å². The van der Waals surface area contributed by atoms with E-state index >= 15 is 0 Å². The molecule has 0 aromatic heterocycles. The van der Waals surface area contributed by atoms with Crippen molar-refractivity contribution in [3.8, 4) is 0 Å². The number of nitrogens with zero attached hydrogens (tertiary/aromatic N) is 1. The van der Waals surface area contributed by atoms with E-state index in [9.17, 15) is 19.2 Å². The minimum absolute atomic E-state index is 0.0829. The Bertz CT molecular complexity index is 761. The average molecular weight is 574 g/mol. The van der Waals surface area contributed by atoms with Crippen LogP contribution in [0, 0.1) is 0 Å². The van der Waals surface area contributed by atoms with Crippen molar-refractivity contribution in [1.82, 2.24) is 10.2 Å². The van der Waals surface area contributed by atoms with Gasteiger partial charge in [0.25, 0.3) is 11.8 Å². The number of benzene rings is 1. The molecular weight excluding hydrogens is 568 g/mol. The lowest BCUT2D eigenvalue weighted by Gasteiger charge is -2.27. The first-order valence-corrected chi connectivity index (χ1v) is 9.50. The van der Waals surface area contributed by atoms with Gasteiger partial charge in [0.1, 0.15) is 6.04 Å². The van der Waals surface area contributed by atoms with Gasteiger partial charge in [-0.15, -0.1) is 0 Å². The molecule has 120 valence electrons. The van der Waals surface area contributed by atoms with Crippen molar-refractivity contribution in [2.45, 2.75) is 18.9 Å². The summed E-state index contributed by atoms with van der Waals surface area (Å²) in [6.07, 6.45) is 0.202. The third-order valence-electron chi connectivity index (χ3n) is 3.65. The molecule has 1 atom stereocenters. The fourth-order valence-corrected chi connectivity index (χ4v) is 5.04. The molecular formula is C13H6Br4N2O4. The molecule has 1 aromatic carbocycles. The summed E-state index contributed by atoms with van der Waals surface area (Å²) in [6.45, 7) is 0. The average Bonchev–Trinajstić information content (AvgIpc) is 2.75. The van der Waals surface area contributed by atoms with Crippen molar-refractivity contribution in [3.05, 3.63) is 29.0 Å². The van der Waals surface area contributed by atoms with Gasteiger partial charge in [-0.1, -0.05) is 0 Å². The van der Waals surface area contributed by atoms with E-state index in [1.165, 1.54) is 0 Å². The Hall–Kier alpha value is -0.580. The summed E-state index contributed by atoms with van der Waals surface area (Å²) >= 11 is 13.3. The third-order valence-corrected chi connectivity index (χ3v) is 8.42. The molecule has 1 aromatic rings. The van der Waals surface area contributed by atoms with Gasteiger partial charge in [0.15, 0.2) is 0 Å². The molecule has 0 bridgehead atoms. The monoisotopic (exact) mass is 570 g/mol. The van der Waals surface area contributed by atoms with Crippen LogP contribution in [0.25, 0.3) is 0 Å². The zero-order chi connectivity index (χ0) is 17.0. The normalized spacial score (nSPS) is 20.9. The number of piperidine rings is 1. The van der Waals surface area contributed by atoms with E-state index in [1.54, 1.807) is 0 Å². The summed E-state index contributed by atoms with van der Waals surface area (Å²) in [4.78, 5) is 49.6. The van der Waals surface area contributed by atoms with E-state index in [0.29, 0.717) is 17.9 Å². The maximum Gasteiger partial charge on any atom is 0.263 e. The standard InChI is InChI=1S/C13H6Br4N2O4/c14-7-5-6(8(15)10(17)9(7)16)13(23)19(12(5)22)3-1-2-4(20)18-11(3)21/h3H,1-2H2,(H,18,20,21)/t3-/m0/s1. The van der Waals surface area contributed by atoms with Crippen LogP contribution in [0.5, 0.6) is 0 Å².